The lowest BCUT2D eigenvalue weighted by atomic mass is 10.2. The third-order valence-corrected chi connectivity index (χ3v) is 3.40. The molecule has 2 aromatic rings. The number of rotatable bonds is 6. The molecule has 0 spiro atoms. The van der Waals surface area contributed by atoms with Crippen molar-refractivity contribution in [1.82, 2.24) is 20.4 Å². The number of anilines is 3. The van der Waals surface area contributed by atoms with Gasteiger partial charge in [-0.3, -0.25) is 4.79 Å². The Labute approximate surface area is 153 Å². The second kappa shape index (κ2) is 8.24. The molecular formula is C17H24N8O. The van der Waals surface area contributed by atoms with Crippen molar-refractivity contribution in [1.29, 1.82) is 0 Å². The highest BCUT2D eigenvalue weighted by Gasteiger charge is 2.15. The third-order valence-electron chi connectivity index (χ3n) is 3.40. The van der Waals surface area contributed by atoms with Crippen LogP contribution in [0, 0.1) is 0 Å². The predicted octanol–water partition coefficient (Wildman–Crippen LogP) is 0.834. The van der Waals surface area contributed by atoms with Crippen LogP contribution in [-0.2, 0) is 0 Å². The summed E-state index contributed by atoms with van der Waals surface area (Å²) in [6.45, 7) is 0. The summed E-state index contributed by atoms with van der Waals surface area (Å²) in [4.78, 5) is 30.3. The molecule has 0 aliphatic heterocycles. The number of aromatic nitrogens is 3. The first-order valence-corrected chi connectivity index (χ1v) is 7.99. The molecule has 9 nitrogen and oxygen atoms in total. The second-order valence-corrected chi connectivity index (χ2v) is 6.23. The summed E-state index contributed by atoms with van der Waals surface area (Å²) in [5.74, 6) is 0.307. The fourth-order valence-corrected chi connectivity index (χ4v) is 1.93. The molecule has 0 atom stereocenters. The van der Waals surface area contributed by atoms with E-state index in [2.05, 4.69) is 25.5 Å². The Balaban J connectivity index is 2.11. The van der Waals surface area contributed by atoms with Crippen LogP contribution in [0.1, 0.15) is 16.2 Å². The van der Waals surface area contributed by atoms with Crippen molar-refractivity contribution in [2.75, 3.05) is 57.0 Å². The average Bonchev–Trinajstić information content (AvgIpc) is 2.61. The maximum atomic E-state index is 12.3. The molecule has 0 radical (unpaired) electrons. The molecular weight excluding hydrogens is 332 g/mol. The molecule has 26 heavy (non-hydrogen) atoms. The number of hydrogen-bond acceptors (Lipinski definition) is 8. The summed E-state index contributed by atoms with van der Waals surface area (Å²) in [5.41, 5.74) is 4.40. The Bertz CT molecular complexity index is 758. The van der Waals surface area contributed by atoms with Gasteiger partial charge in [0.15, 0.2) is 0 Å². The van der Waals surface area contributed by atoms with Gasteiger partial charge >= 0.3 is 5.91 Å². The second-order valence-electron chi connectivity index (χ2n) is 6.23. The molecule has 1 heterocycles. The minimum Gasteiger partial charge on any atom is -0.378 e. The summed E-state index contributed by atoms with van der Waals surface area (Å²) in [6.07, 6.45) is 1.57. The van der Waals surface area contributed by atoms with E-state index in [9.17, 15) is 4.79 Å². The van der Waals surface area contributed by atoms with E-state index in [1.807, 2.05) is 43.3 Å². The molecule has 0 saturated carbocycles. The summed E-state index contributed by atoms with van der Waals surface area (Å²) in [7, 11) is 11.1. The van der Waals surface area contributed by atoms with E-state index in [0.29, 0.717) is 11.9 Å². The van der Waals surface area contributed by atoms with Crippen LogP contribution in [0.2, 0.25) is 0 Å². The van der Waals surface area contributed by atoms with Crippen molar-refractivity contribution in [2.45, 2.75) is 0 Å². The molecule has 0 bridgehead atoms. The highest BCUT2D eigenvalue weighted by atomic mass is 16.2. The van der Waals surface area contributed by atoms with Crippen LogP contribution in [0.3, 0.4) is 0 Å². The van der Waals surface area contributed by atoms with Gasteiger partial charge in [0.25, 0.3) is 0 Å². The van der Waals surface area contributed by atoms with Crippen molar-refractivity contribution in [3.05, 3.63) is 35.7 Å². The van der Waals surface area contributed by atoms with Crippen LogP contribution in [-0.4, -0.2) is 69.4 Å². The van der Waals surface area contributed by atoms with Gasteiger partial charge in [-0.15, -0.1) is 0 Å². The molecule has 0 fully saturated rings. The maximum absolute atomic E-state index is 12.3. The molecule has 138 valence electrons. The zero-order chi connectivity index (χ0) is 19.3. The Morgan fingerprint density at radius 3 is 1.88 bits per heavy atom. The molecule has 1 amide bonds. The molecule has 1 aromatic heterocycles. The van der Waals surface area contributed by atoms with Crippen molar-refractivity contribution in [2.24, 2.45) is 5.10 Å². The highest BCUT2D eigenvalue weighted by Crippen LogP contribution is 2.11. The number of hydrogen-bond donors (Lipinski definition) is 1. The van der Waals surface area contributed by atoms with Crippen molar-refractivity contribution >= 4 is 29.7 Å². The molecule has 0 unspecified atom stereocenters. The summed E-state index contributed by atoms with van der Waals surface area (Å²) in [6, 6.07) is 7.79. The van der Waals surface area contributed by atoms with Gasteiger partial charge < -0.3 is 14.7 Å². The SMILES string of the molecule is CN(C)c1ccc(/C=N\NC(=O)c2nc(N(C)C)nc(N(C)C)n2)cc1. The minimum atomic E-state index is -0.500. The van der Waals surface area contributed by atoms with E-state index < -0.39 is 5.91 Å². The molecule has 0 aliphatic rings. The summed E-state index contributed by atoms with van der Waals surface area (Å²) in [5, 5.41) is 3.98. The highest BCUT2D eigenvalue weighted by molar-refractivity contribution is 5.92. The molecule has 0 aliphatic carbocycles. The van der Waals surface area contributed by atoms with E-state index in [4.69, 9.17) is 0 Å². The lowest BCUT2D eigenvalue weighted by Gasteiger charge is -2.15. The summed E-state index contributed by atoms with van der Waals surface area (Å²) >= 11 is 0. The standard InChI is InChI=1S/C17H24N8O/c1-23(2)13-9-7-12(8-10-13)11-18-22-15(26)14-19-16(24(3)4)21-17(20-14)25(5)6/h7-11H,1-6H3,(H,22,26)/b18-11-. The van der Waals surface area contributed by atoms with Crippen LogP contribution in [0.5, 0.6) is 0 Å². The van der Waals surface area contributed by atoms with Crippen LogP contribution in [0.25, 0.3) is 0 Å². The van der Waals surface area contributed by atoms with Gasteiger partial charge in [-0.25, -0.2) is 5.43 Å². The maximum Gasteiger partial charge on any atom is 0.309 e. The number of carbonyl (C=O) groups excluding carboxylic acids is 1. The summed E-state index contributed by atoms with van der Waals surface area (Å²) < 4.78 is 0. The van der Waals surface area contributed by atoms with Crippen LogP contribution < -0.4 is 20.1 Å². The van der Waals surface area contributed by atoms with Gasteiger partial charge in [-0.1, -0.05) is 12.1 Å². The first-order chi connectivity index (χ1) is 12.3. The fourth-order valence-electron chi connectivity index (χ4n) is 1.93. The van der Waals surface area contributed by atoms with Crippen molar-refractivity contribution < 1.29 is 4.79 Å². The molecule has 0 saturated heterocycles. The largest absolute Gasteiger partial charge is 0.378 e. The number of nitrogens with one attached hydrogen (secondary N) is 1. The van der Waals surface area contributed by atoms with Crippen LogP contribution in [0.4, 0.5) is 17.6 Å². The number of benzene rings is 1. The Morgan fingerprint density at radius 1 is 0.885 bits per heavy atom. The van der Waals surface area contributed by atoms with E-state index in [1.165, 1.54) is 0 Å². The van der Waals surface area contributed by atoms with Gasteiger partial charge in [0.1, 0.15) is 0 Å². The van der Waals surface area contributed by atoms with Crippen molar-refractivity contribution in [3.63, 3.8) is 0 Å². The number of carbonyl (C=O) groups is 1. The van der Waals surface area contributed by atoms with Gasteiger partial charge in [0, 0.05) is 48.0 Å². The Morgan fingerprint density at radius 2 is 1.42 bits per heavy atom. The number of amides is 1. The monoisotopic (exact) mass is 356 g/mol. The van der Waals surface area contributed by atoms with Gasteiger partial charge in [0.2, 0.25) is 17.7 Å². The number of nitrogens with zero attached hydrogens (tertiary/aromatic N) is 7. The Hall–Kier alpha value is -3.23. The Kier molecular flexibility index (Phi) is 6.05. The predicted molar refractivity (Wildman–Crippen MR) is 104 cm³/mol. The van der Waals surface area contributed by atoms with Gasteiger partial charge in [0.05, 0.1) is 6.21 Å². The average molecular weight is 356 g/mol. The third kappa shape index (κ3) is 4.88. The number of hydrazone groups is 1. The zero-order valence-electron chi connectivity index (χ0n) is 15.9. The molecule has 1 N–H and O–H groups in total. The first kappa shape index (κ1) is 19.1. The van der Waals surface area contributed by atoms with Crippen LogP contribution in [0.15, 0.2) is 29.4 Å². The van der Waals surface area contributed by atoms with Crippen LogP contribution >= 0.6 is 0 Å². The van der Waals surface area contributed by atoms with Gasteiger partial charge in [-0.05, 0) is 17.7 Å². The minimum absolute atomic E-state index is 0.00695. The smallest absolute Gasteiger partial charge is 0.309 e. The quantitative estimate of drug-likeness (QED) is 0.606. The molecule has 9 heteroatoms. The zero-order valence-corrected chi connectivity index (χ0v) is 15.9. The fraction of sp³-hybridized carbons (Fsp3) is 0.353. The normalized spacial score (nSPS) is 10.7. The van der Waals surface area contributed by atoms with Gasteiger partial charge in [-0.2, -0.15) is 20.1 Å². The van der Waals surface area contributed by atoms with Crippen molar-refractivity contribution in [3.8, 4) is 0 Å². The van der Waals surface area contributed by atoms with E-state index >= 15 is 0 Å². The van der Waals surface area contributed by atoms with E-state index in [-0.39, 0.29) is 5.82 Å². The molecule has 2 rings (SSSR count). The lowest BCUT2D eigenvalue weighted by molar-refractivity contribution is 0.0944. The molecule has 1 aromatic carbocycles. The van der Waals surface area contributed by atoms with E-state index in [0.717, 1.165) is 11.3 Å². The van der Waals surface area contributed by atoms with E-state index in [1.54, 1.807) is 44.2 Å². The topological polar surface area (TPSA) is 89.8 Å². The first-order valence-electron chi connectivity index (χ1n) is 7.99. The lowest BCUT2D eigenvalue weighted by Crippen LogP contribution is -2.25.